The lowest BCUT2D eigenvalue weighted by Crippen LogP contribution is -2.37. The summed E-state index contributed by atoms with van der Waals surface area (Å²) in [5.74, 6) is 0.871. The van der Waals surface area contributed by atoms with Gasteiger partial charge in [0.15, 0.2) is 0 Å². The van der Waals surface area contributed by atoms with Crippen molar-refractivity contribution < 1.29 is 5.11 Å². The van der Waals surface area contributed by atoms with Crippen molar-refractivity contribution in [1.82, 2.24) is 14.5 Å². The van der Waals surface area contributed by atoms with Crippen molar-refractivity contribution in [3.05, 3.63) is 24.3 Å². The maximum atomic E-state index is 10.1. The minimum atomic E-state index is -0.916. The predicted octanol–water partition coefficient (Wildman–Crippen LogP) is 1.09. The summed E-state index contributed by atoms with van der Waals surface area (Å²) < 4.78 is 2.14. The molecule has 0 aliphatic rings. The molecule has 98 valence electrons. The second kappa shape index (κ2) is 5.04. The maximum absolute atomic E-state index is 10.1. The number of nitrogens with two attached hydrogens (primary N) is 1. The number of hydrogen-bond donors (Lipinski definition) is 2. The van der Waals surface area contributed by atoms with Gasteiger partial charge in [-0.3, -0.25) is 4.98 Å². The summed E-state index contributed by atoms with van der Waals surface area (Å²) in [5.41, 5.74) is 6.59. The molecule has 2 aromatic rings. The Balaban J connectivity index is 2.45. The Hall–Kier alpha value is -1.46. The van der Waals surface area contributed by atoms with Gasteiger partial charge in [0.25, 0.3) is 0 Å². The Kier molecular flexibility index (Phi) is 3.63. The first-order valence-corrected chi connectivity index (χ1v) is 6.29. The number of imidazole rings is 1. The van der Waals surface area contributed by atoms with Gasteiger partial charge in [0.05, 0.1) is 17.3 Å². The third kappa shape index (κ3) is 2.52. The summed E-state index contributed by atoms with van der Waals surface area (Å²) in [7, 11) is 0. The van der Waals surface area contributed by atoms with Gasteiger partial charge in [-0.25, -0.2) is 4.98 Å². The lowest BCUT2D eigenvalue weighted by Gasteiger charge is -2.21. The van der Waals surface area contributed by atoms with Crippen LogP contribution in [0.3, 0.4) is 0 Å². The largest absolute Gasteiger partial charge is 0.388 e. The lowest BCUT2D eigenvalue weighted by atomic mass is 10.0. The van der Waals surface area contributed by atoms with E-state index in [4.69, 9.17) is 5.73 Å². The Morgan fingerprint density at radius 2 is 2.28 bits per heavy atom. The molecule has 0 aliphatic heterocycles. The van der Waals surface area contributed by atoms with E-state index in [2.05, 4.69) is 21.5 Å². The van der Waals surface area contributed by atoms with Gasteiger partial charge in [0.2, 0.25) is 0 Å². The molecule has 0 amide bonds. The highest BCUT2D eigenvalue weighted by Crippen LogP contribution is 2.19. The van der Waals surface area contributed by atoms with Crippen LogP contribution in [0.2, 0.25) is 0 Å². The van der Waals surface area contributed by atoms with Crippen LogP contribution in [0.5, 0.6) is 0 Å². The highest BCUT2D eigenvalue weighted by molar-refractivity contribution is 5.74. The SMILES string of the molecule is CCCn1c(CC(C)(O)CN)nc2cnccc21. The van der Waals surface area contributed by atoms with Gasteiger partial charge >= 0.3 is 0 Å². The molecule has 5 nitrogen and oxygen atoms in total. The molecule has 5 heteroatoms. The van der Waals surface area contributed by atoms with Crippen molar-refractivity contribution in [3.8, 4) is 0 Å². The number of aromatic nitrogens is 3. The molecule has 0 saturated heterocycles. The Labute approximate surface area is 107 Å². The van der Waals surface area contributed by atoms with Crippen LogP contribution in [0.15, 0.2) is 18.5 Å². The fraction of sp³-hybridized carbons (Fsp3) is 0.538. The van der Waals surface area contributed by atoms with Crippen LogP contribution in [-0.4, -0.2) is 31.8 Å². The fourth-order valence-corrected chi connectivity index (χ4v) is 2.05. The maximum Gasteiger partial charge on any atom is 0.112 e. The first-order chi connectivity index (χ1) is 8.57. The quantitative estimate of drug-likeness (QED) is 0.830. The van der Waals surface area contributed by atoms with Crippen molar-refractivity contribution in [2.75, 3.05) is 6.54 Å². The summed E-state index contributed by atoms with van der Waals surface area (Å²) in [6, 6.07) is 1.96. The van der Waals surface area contributed by atoms with E-state index in [1.807, 2.05) is 6.07 Å². The number of aryl methyl sites for hydroxylation is 1. The van der Waals surface area contributed by atoms with Gasteiger partial charge in [0.1, 0.15) is 11.3 Å². The average molecular weight is 248 g/mol. The molecule has 1 unspecified atom stereocenters. The number of fused-ring (bicyclic) bond motifs is 1. The first kappa shape index (κ1) is 13.0. The Morgan fingerprint density at radius 1 is 1.50 bits per heavy atom. The van der Waals surface area contributed by atoms with Crippen molar-refractivity contribution in [3.63, 3.8) is 0 Å². The standard InChI is InChI=1S/C13H20N4O/c1-3-6-17-11-4-5-15-8-10(11)16-12(17)7-13(2,18)9-14/h4-5,8,18H,3,6-7,9,14H2,1-2H3. The number of nitrogens with zero attached hydrogens (tertiary/aromatic N) is 3. The first-order valence-electron chi connectivity index (χ1n) is 6.29. The van der Waals surface area contributed by atoms with E-state index in [0.717, 1.165) is 29.8 Å². The van der Waals surface area contributed by atoms with Gasteiger partial charge in [-0.15, -0.1) is 0 Å². The lowest BCUT2D eigenvalue weighted by molar-refractivity contribution is 0.0667. The monoisotopic (exact) mass is 248 g/mol. The normalized spacial score (nSPS) is 14.9. The van der Waals surface area contributed by atoms with Crippen LogP contribution in [0.1, 0.15) is 26.1 Å². The van der Waals surface area contributed by atoms with Crippen molar-refractivity contribution in [1.29, 1.82) is 0 Å². The van der Waals surface area contributed by atoms with Crippen molar-refractivity contribution >= 4 is 11.0 Å². The smallest absolute Gasteiger partial charge is 0.112 e. The molecule has 2 rings (SSSR count). The highest BCUT2D eigenvalue weighted by atomic mass is 16.3. The van der Waals surface area contributed by atoms with Gasteiger partial charge in [-0.2, -0.15) is 0 Å². The van der Waals surface area contributed by atoms with Crippen LogP contribution in [-0.2, 0) is 13.0 Å². The van der Waals surface area contributed by atoms with E-state index in [-0.39, 0.29) is 6.54 Å². The third-order valence-electron chi connectivity index (χ3n) is 3.06. The number of hydrogen-bond acceptors (Lipinski definition) is 4. The van der Waals surface area contributed by atoms with Gasteiger partial charge in [-0.1, -0.05) is 6.92 Å². The second-order valence-electron chi connectivity index (χ2n) is 4.92. The van der Waals surface area contributed by atoms with E-state index in [0.29, 0.717) is 6.42 Å². The Bertz CT molecular complexity index is 533. The molecule has 1 atom stereocenters. The van der Waals surface area contributed by atoms with Gasteiger partial charge in [-0.05, 0) is 19.4 Å². The fourth-order valence-electron chi connectivity index (χ4n) is 2.05. The molecule has 2 heterocycles. The minimum absolute atomic E-state index is 0.223. The zero-order valence-electron chi connectivity index (χ0n) is 10.9. The molecule has 0 aromatic carbocycles. The van der Waals surface area contributed by atoms with Crippen molar-refractivity contribution in [2.45, 2.75) is 38.8 Å². The molecule has 18 heavy (non-hydrogen) atoms. The van der Waals surface area contributed by atoms with E-state index < -0.39 is 5.60 Å². The predicted molar refractivity (Wildman–Crippen MR) is 71.2 cm³/mol. The number of pyridine rings is 1. The third-order valence-corrected chi connectivity index (χ3v) is 3.06. The summed E-state index contributed by atoms with van der Waals surface area (Å²) in [6.07, 6.45) is 4.99. The van der Waals surface area contributed by atoms with E-state index in [1.54, 1.807) is 19.3 Å². The second-order valence-corrected chi connectivity index (χ2v) is 4.92. The highest BCUT2D eigenvalue weighted by Gasteiger charge is 2.22. The van der Waals surface area contributed by atoms with Crippen LogP contribution < -0.4 is 5.73 Å². The Morgan fingerprint density at radius 3 is 2.94 bits per heavy atom. The minimum Gasteiger partial charge on any atom is -0.388 e. The van der Waals surface area contributed by atoms with E-state index in [1.165, 1.54) is 0 Å². The summed E-state index contributed by atoms with van der Waals surface area (Å²) in [6.45, 7) is 4.97. The van der Waals surface area contributed by atoms with Crippen LogP contribution in [0.4, 0.5) is 0 Å². The van der Waals surface area contributed by atoms with Crippen LogP contribution in [0.25, 0.3) is 11.0 Å². The van der Waals surface area contributed by atoms with Gasteiger partial charge < -0.3 is 15.4 Å². The van der Waals surface area contributed by atoms with E-state index in [9.17, 15) is 5.11 Å². The summed E-state index contributed by atoms with van der Waals surface area (Å²) >= 11 is 0. The zero-order valence-corrected chi connectivity index (χ0v) is 10.9. The molecule has 0 saturated carbocycles. The molecule has 0 fully saturated rings. The molecule has 2 aromatic heterocycles. The summed E-state index contributed by atoms with van der Waals surface area (Å²) in [5, 5.41) is 10.1. The molecular weight excluding hydrogens is 228 g/mol. The number of aliphatic hydroxyl groups is 1. The van der Waals surface area contributed by atoms with Gasteiger partial charge in [0, 0.05) is 25.7 Å². The van der Waals surface area contributed by atoms with Crippen LogP contribution in [0, 0.1) is 0 Å². The number of rotatable bonds is 5. The summed E-state index contributed by atoms with van der Waals surface area (Å²) in [4.78, 5) is 8.63. The topological polar surface area (TPSA) is 77.0 Å². The van der Waals surface area contributed by atoms with Crippen molar-refractivity contribution in [2.24, 2.45) is 5.73 Å². The van der Waals surface area contributed by atoms with E-state index >= 15 is 0 Å². The van der Waals surface area contributed by atoms with Crippen LogP contribution >= 0.6 is 0 Å². The zero-order chi connectivity index (χ0) is 13.2. The molecule has 0 bridgehead atoms. The molecular formula is C13H20N4O. The average Bonchev–Trinajstić information content (AvgIpc) is 2.68. The molecule has 0 spiro atoms. The molecule has 0 aliphatic carbocycles. The molecule has 0 radical (unpaired) electrons. The molecule has 3 N–H and O–H groups in total.